The highest BCUT2D eigenvalue weighted by atomic mass is 16.5. The van der Waals surface area contributed by atoms with Crippen LogP contribution in [0.1, 0.15) is 82.8 Å². The Morgan fingerprint density at radius 2 is 1.26 bits per heavy atom. The van der Waals surface area contributed by atoms with E-state index in [0.29, 0.717) is 12.1 Å². The second kappa shape index (κ2) is 10.1. The second-order valence-electron chi connectivity index (χ2n) is 7.05. The maximum atomic E-state index is 10.1. The summed E-state index contributed by atoms with van der Waals surface area (Å²) in [5, 5.41) is 20.9. The summed E-state index contributed by atoms with van der Waals surface area (Å²) in [6.07, 6.45) is 12.5. The average Bonchev–Trinajstić information content (AvgIpc) is 2.64. The number of aliphatic hydroxyl groups excluding tert-OH is 1. The molecule has 1 atom stereocenters. The molecule has 1 unspecified atom stereocenters. The minimum absolute atomic E-state index is 0.341. The Bertz CT molecular complexity index is 391. The first-order valence-corrected chi connectivity index (χ1v) is 9.38. The molecule has 0 spiro atoms. The van der Waals surface area contributed by atoms with Gasteiger partial charge in [0.1, 0.15) is 0 Å². The lowest BCUT2D eigenvalue weighted by Gasteiger charge is -2.36. The number of hydroxylamine groups is 2. The van der Waals surface area contributed by atoms with Gasteiger partial charge in [-0.05, 0) is 38.2 Å². The molecular formula is C20H33NO2. The Balaban J connectivity index is 0.000000185. The Morgan fingerprint density at radius 1 is 0.826 bits per heavy atom. The first kappa shape index (κ1) is 18.4. The molecule has 0 aromatic heterocycles. The molecule has 2 aliphatic carbocycles. The largest absolute Gasteiger partial charge is 0.389 e. The lowest BCUT2D eigenvalue weighted by atomic mass is 9.90. The van der Waals surface area contributed by atoms with Crippen molar-refractivity contribution in [1.29, 1.82) is 0 Å². The molecule has 0 heterocycles. The number of rotatable bonds is 3. The van der Waals surface area contributed by atoms with Crippen molar-refractivity contribution in [3.8, 4) is 0 Å². The van der Waals surface area contributed by atoms with Gasteiger partial charge in [-0.2, -0.15) is 5.06 Å². The first-order valence-electron chi connectivity index (χ1n) is 9.38. The molecule has 3 heteroatoms. The van der Waals surface area contributed by atoms with Crippen LogP contribution >= 0.6 is 0 Å². The van der Waals surface area contributed by atoms with E-state index in [0.717, 1.165) is 5.56 Å². The summed E-state index contributed by atoms with van der Waals surface area (Å²) >= 11 is 0. The zero-order valence-corrected chi connectivity index (χ0v) is 14.5. The van der Waals surface area contributed by atoms with Gasteiger partial charge in [0.25, 0.3) is 0 Å². The summed E-state index contributed by atoms with van der Waals surface area (Å²) in [5.74, 6) is 0. The van der Waals surface area contributed by atoms with E-state index in [1.54, 1.807) is 12.0 Å². The lowest BCUT2D eigenvalue weighted by Crippen LogP contribution is -2.42. The van der Waals surface area contributed by atoms with Crippen LogP contribution in [0.2, 0.25) is 0 Å². The molecule has 2 aliphatic rings. The molecule has 2 N–H and O–H groups in total. The Labute approximate surface area is 141 Å². The highest BCUT2D eigenvalue weighted by molar-refractivity contribution is 5.16. The number of aliphatic hydroxyl groups is 1. The van der Waals surface area contributed by atoms with Gasteiger partial charge in [-0.3, -0.25) is 0 Å². The fourth-order valence-corrected chi connectivity index (χ4v) is 3.72. The maximum Gasteiger partial charge on any atom is 0.0761 e. The predicted octanol–water partition coefficient (Wildman–Crippen LogP) is 5.08. The zero-order chi connectivity index (χ0) is 16.5. The predicted molar refractivity (Wildman–Crippen MR) is 94.4 cm³/mol. The van der Waals surface area contributed by atoms with Crippen molar-refractivity contribution in [2.24, 2.45) is 0 Å². The third-order valence-electron chi connectivity index (χ3n) is 5.18. The quantitative estimate of drug-likeness (QED) is 0.763. The molecule has 1 aromatic carbocycles. The lowest BCUT2D eigenvalue weighted by molar-refractivity contribution is -0.173. The van der Waals surface area contributed by atoms with E-state index in [-0.39, 0.29) is 6.10 Å². The first-order chi connectivity index (χ1) is 11.2. The van der Waals surface area contributed by atoms with Crippen LogP contribution in [0.3, 0.4) is 0 Å². The zero-order valence-electron chi connectivity index (χ0n) is 14.5. The van der Waals surface area contributed by atoms with Gasteiger partial charge < -0.3 is 10.3 Å². The molecule has 2 fully saturated rings. The van der Waals surface area contributed by atoms with E-state index in [1.807, 2.05) is 30.3 Å². The van der Waals surface area contributed by atoms with Crippen molar-refractivity contribution in [2.75, 3.05) is 0 Å². The van der Waals surface area contributed by atoms with Gasteiger partial charge in [0.2, 0.25) is 0 Å². The van der Waals surface area contributed by atoms with Gasteiger partial charge in [-0.1, -0.05) is 68.9 Å². The monoisotopic (exact) mass is 319 g/mol. The standard InChI is InChI=1S/C12H23NO.C8H10O/c14-13(11-7-3-1-4-8-11)12-9-5-2-6-10-12;1-7(9)8-5-3-2-4-6-8/h11-12,14H,1-10H2;2-7,9H,1H3. The fourth-order valence-electron chi connectivity index (χ4n) is 3.72. The third kappa shape index (κ3) is 6.25. The Kier molecular flexibility index (Phi) is 8.07. The summed E-state index contributed by atoms with van der Waals surface area (Å²) < 4.78 is 0. The highest BCUT2D eigenvalue weighted by Crippen LogP contribution is 2.28. The molecule has 0 radical (unpaired) electrons. The minimum atomic E-state index is -0.341. The number of benzene rings is 1. The van der Waals surface area contributed by atoms with E-state index in [2.05, 4.69) is 0 Å². The normalized spacial score (nSPS) is 21.6. The number of hydrogen-bond donors (Lipinski definition) is 2. The molecule has 2 saturated carbocycles. The van der Waals surface area contributed by atoms with Crippen molar-refractivity contribution >= 4 is 0 Å². The smallest absolute Gasteiger partial charge is 0.0761 e. The second-order valence-corrected chi connectivity index (χ2v) is 7.05. The SMILES string of the molecule is CC(O)c1ccccc1.ON(C1CCCCC1)C1CCCCC1. The van der Waals surface area contributed by atoms with Crippen LogP contribution in [0.4, 0.5) is 0 Å². The fraction of sp³-hybridized carbons (Fsp3) is 0.700. The van der Waals surface area contributed by atoms with Crippen LogP contribution in [0.15, 0.2) is 30.3 Å². The molecule has 0 aliphatic heterocycles. The van der Waals surface area contributed by atoms with E-state index in [4.69, 9.17) is 5.11 Å². The van der Waals surface area contributed by atoms with Crippen molar-refractivity contribution in [3.63, 3.8) is 0 Å². The summed E-state index contributed by atoms with van der Waals surface area (Å²) in [4.78, 5) is 0. The Morgan fingerprint density at radius 3 is 1.61 bits per heavy atom. The van der Waals surface area contributed by atoms with Gasteiger partial charge >= 0.3 is 0 Å². The van der Waals surface area contributed by atoms with Crippen molar-refractivity contribution in [3.05, 3.63) is 35.9 Å². The maximum absolute atomic E-state index is 10.1. The summed E-state index contributed by atoms with van der Waals surface area (Å²) in [6.45, 7) is 1.76. The number of nitrogens with zero attached hydrogens (tertiary/aromatic N) is 1. The summed E-state index contributed by atoms with van der Waals surface area (Å²) in [6, 6.07) is 10.5. The molecule has 3 nitrogen and oxygen atoms in total. The van der Waals surface area contributed by atoms with Crippen LogP contribution in [0, 0.1) is 0 Å². The van der Waals surface area contributed by atoms with E-state index in [9.17, 15) is 5.21 Å². The highest BCUT2D eigenvalue weighted by Gasteiger charge is 2.27. The van der Waals surface area contributed by atoms with E-state index in [1.165, 1.54) is 64.2 Å². The van der Waals surface area contributed by atoms with Crippen LogP contribution in [0.5, 0.6) is 0 Å². The summed E-state index contributed by atoms with van der Waals surface area (Å²) in [7, 11) is 0. The molecule has 1 aromatic rings. The number of hydrogen-bond acceptors (Lipinski definition) is 3. The minimum Gasteiger partial charge on any atom is -0.389 e. The molecule has 23 heavy (non-hydrogen) atoms. The van der Waals surface area contributed by atoms with Crippen LogP contribution in [0.25, 0.3) is 0 Å². The van der Waals surface area contributed by atoms with Gasteiger partial charge in [-0.15, -0.1) is 0 Å². The van der Waals surface area contributed by atoms with Gasteiger partial charge in [0, 0.05) is 12.1 Å². The van der Waals surface area contributed by atoms with Crippen molar-refractivity contribution in [1.82, 2.24) is 5.06 Å². The third-order valence-corrected chi connectivity index (χ3v) is 5.18. The van der Waals surface area contributed by atoms with Crippen molar-refractivity contribution < 1.29 is 10.3 Å². The van der Waals surface area contributed by atoms with Crippen LogP contribution in [-0.4, -0.2) is 27.5 Å². The average molecular weight is 319 g/mol. The summed E-state index contributed by atoms with van der Waals surface area (Å²) in [5.41, 5.74) is 0.970. The molecule has 0 amide bonds. The Hall–Kier alpha value is -0.900. The van der Waals surface area contributed by atoms with E-state index < -0.39 is 0 Å². The van der Waals surface area contributed by atoms with Gasteiger partial charge in [0.05, 0.1) is 6.10 Å². The van der Waals surface area contributed by atoms with Gasteiger partial charge in [-0.25, -0.2) is 0 Å². The topological polar surface area (TPSA) is 43.7 Å². The van der Waals surface area contributed by atoms with Crippen LogP contribution < -0.4 is 0 Å². The molecule has 130 valence electrons. The molecule has 0 saturated heterocycles. The van der Waals surface area contributed by atoms with Crippen molar-refractivity contribution in [2.45, 2.75) is 89.3 Å². The van der Waals surface area contributed by atoms with Crippen LogP contribution in [-0.2, 0) is 0 Å². The van der Waals surface area contributed by atoms with Gasteiger partial charge in [0.15, 0.2) is 0 Å². The molecule has 0 bridgehead atoms. The molecule has 3 rings (SSSR count). The molecular weight excluding hydrogens is 286 g/mol. The van der Waals surface area contributed by atoms with E-state index >= 15 is 0 Å².